The second-order valence-corrected chi connectivity index (χ2v) is 8.58. The van der Waals surface area contributed by atoms with Crippen LogP contribution in [-0.2, 0) is 6.61 Å². The predicted molar refractivity (Wildman–Crippen MR) is 143 cm³/mol. The zero-order chi connectivity index (χ0) is 28.1. The molecule has 0 aliphatic heterocycles. The van der Waals surface area contributed by atoms with E-state index in [2.05, 4.69) is 35.8 Å². The molecule has 1 amide bonds. The van der Waals surface area contributed by atoms with Gasteiger partial charge in [0.05, 0.1) is 18.3 Å². The summed E-state index contributed by atoms with van der Waals surface area (Å²) in [6, 6.07) is 18.1. The Kier molecular flexibility index (Phi) is 7.64. The summed E-state index contributed by atoms with van der Waals surface area (Å²) in [6.45, 7) is 0.107. The third-order valence-electron chi connectivity index (χ3n) is 5.59. The number of rotatable bonds is 9. The van der Waals surface area contributed by atoms with Crippen LogP contribution in [0, 0.1) is 5.82 Å². The zero-order valence-corrected chi connectivity index (χ0v) is 21.5. The summed E-state index contributed by atoms with van der Waals surface area (Å²) < 4.78 is 30.3. The van der Waals surface area contributed by atoms with Crippen LogP contribution < -0.4 is 20.6 Å². The van der Waals surface area contributed by atoms with Crippen molar-refractivity contribution in [3.05, 3.63) is 94.4 Å². The fraction of sp³-hybridized carbons (Fsp3) is 0.0769. The molecule has 0 aliphatic carbocycles. The maximum atomic E-state index is 13.3. The Bertz CT molecular complexity index is 1690. The SMILES string of the molecule is COc1cc(/C=N/NC(=O)c2c(-c3ccccc3)nnn2-c2nonc2N)ccc1OCc1ccc(F)cc1Cl. The number of nitrogens with two attached hydrogens (primary N) is 1. The van der Waals surface area contributed by atoms with E-state index in [-0.39, 0.29) is 34.7 Å². The average molecular weight is 563 g/mol. The molecule has 0 aliphatic rings. The first-order valence-corrected chi connectivity index (χ1v) is 12.0. The summed E-state index contributed by atoms with van der Waals surface area (Å²) in [5.74, 6) is -0.283. The molecule has 3 N–H and O–H groups in total. The Morgan fingerprint density at radius 3 is 2.70 bits per heavy atom. The molecule has 5 rings (SSSR count). The molecular weight excluding hydrogens is 543 g/mol. The third-order valence-corrected chi connectivity index (χ3v) is 5.95. The van der Waals surface area contributed by atoms with E-state index in [1.54, 1.807) is 48.5 Å². The highest BCUT2D eigenvalue weighted by Gasteiger charge is 2.25. The molecule has 0 radical (unpaired) electrons. The largest absolute Gasteiger partial charge is 0.493 e. The number of nitrogens with zero attached hydrogens (tertiary/aromatic N) is 6. The molecule has 0 spiro atoms. The van der Waals surface area contributed by atoms with Crippen LogP contribution in [0.4, 0.5) is 10.2 Å². The minimum Gasteiger partial charge on any atom is -0.493 e. The molecule has 202 valence electrons. The van der Waals surface area contributed by atoms with Gasteiger partial charge in [-0.1, -0.05) is 53.2 Å². The fourth-order valence-corrected chi connectivity index (χ4v) is 3.88. The van der Waals surface area contributed by atoms with Crippen LogP contribution in [-0.4, -0.2) is 44.5 Å². The summed E-state index contributed by atoms with van der Waals surface area (Å²) in [6.07, 6.45) is 1.42. The number of hydrogen-bond donors (Lipinski definition) is 2. The van der Waals surface area contributed by atoms with Gasteiger partial charge >= 0.3 is 0 Å². The van der Waals surface area contributed by atoms with Crippen LogP contribution in [0.3, 0.4) is 0 Å². The van der Waals surface area contributed by atoms with E-state index < -0.39 is 11.7 Å². The number of benzene rings is 3. The molecule has 2 aromatic heterocycles. The second-order valence-electron chi connectivity index (χ2n) is 8.17. The van der Waals surface area contributed by atoms with Crippen molar-refractivity contribution in [3.63, 3.8) is 0 Å². The van der Waals surface area contributed by atoms with Crippen molar-refractivity contribution >= 4 is 29.5 Å². The van der Waals surface area contributed by atoms with E-state index in [4.69, 9.17) is 26.8 Å². The van der Waals surface area contributed by atoms with Crippen LogP contribution >= 0.6 is 11.6 Å². The quantitative estimate of drug-likeness (QED) is 0.200. The van der Waals surface area contributed by atoms with E-state index in [1.165, 1.54) is 25.5 Å². The van der Waals surface area contributed by atoms with Gasteiger partial charge in [0, 0.05) is 11.1 Å². The monoisotopic (exact) mass is 562 g/mol. The lowest BCUT2D eigenvalue weighted by Crippen LogP contribution is -2.22. The van der Waals surface area contributed by atoms with Crippen molar-refractivity contribution < 1.29 is 23.3 Å². The van der Waals surface area contributed by atoms with Crippen molar-refractivity contribution in [2.45, 2.75) is 6.61 Å². The molecule has 0 saturated carbocycles. The number of nitrogens with one attached hydrogen (secondary N) is 1. The Morgan fingerprint density at radius 1 is 1.15 bits per heavy atom. The summed E-state index contributed by atoms with van der Waals surface area (Å²) in [5.41, 5.74) is 10.4. The highest BCUT2D eigenvalue weighted by Crippen LogP contribution is 2.29. The van der Waals surface area contributed by atoms with E-state index >= 15 is 0 Å². The number of carbonyl (C=O) groups excluding carboxylic acids is 1. The van der Waals surface area contributed by atoms with E-state index in [1.807, 2.05) is 6.07 Å². The van der Waals surface area contributed by atoms with Gasteiger partial charge in [-0.3, -0.25) is 4.79 Å². The highest BCUT2D eigenvalue weighted by molar-refractivity contribution is 6.31. The van der Waals surface area contributed by atoms with Gasteiger partial charge in [-0.25, -0.2) is 14.4 Å². The smallest absolute Gasteiger partial charge is 0.292 e. The first-order chi connectivity index (χ1) is 19.4. The zero-order valence-electron chi connectivity index (χ0n) is 20.8. The lowest BCUT2D eigenvalue weighted by molar-refractivity contribution is 0.0947. The van der Waals surface area contributed by atoms with Gasteiger partial charge in [0.2, 0.25) is 11.6 Å². The number of hydrazone groups is 1. The van der Waals surface area contributed by atoms with Gasteiger partial charge in [0.25, 0.3) is 5.91 Å². The number of methoxy groups -OCH3 is 1. The normalized spacial score (nSPS) is 11.1. The van der Waals surface area contributed by atoms with Crippen LogP contribution in [0.5, 0.6) is 11.5 Å². The molecular formula is C26H20ClFN8O4. The maximum absolute atomic E-state index is 13.3. The minimum absolute atomic E-state index is 0.00561. The van der Waals surface area contributed by atoms with Gasteiger partial charge in [0.1, 0.15) is 18.1 Å². The van der Waals surface area contributed by atoms with E-state index in [0.29, 0.717) is 28.2 Å². The number of carbonyl (C=O) groups is 1. The Balaban J connectivity index is 1.34. The number of aromatic nitrogens is 5. The molecule has 0 unspecified atom stereocenters. The van der Waals surface area contributed by atoms with Gasteiger partial charge < -0.3 is 15.2 Å². The Labute approximate surface area is 231 Å². The maximum Gasteiger partial charge on any atom is 0.292 e. The number of hydrogen-bond acceptors (Lipinski definition) is 10. The molecule has 0 bridgehead atoms. The number of nitrogen functional groups attached to an aromatic ring is 1. The fourth-order valence-electron chi connectivity index (χ4n) is 3.66. The molecule has 3 aromatic carbocycles. The third kappa shape index (κ3) is 5.59. The first-order valence-electron chi connectivity index (χ1n) is 11.6. The highest BCUT2D eigenvalue weighted by atomic mass is 35.5. The number of anilines is 1. The number of halogens is 2. The van der Waals surface area contributed by atoms with E-state index in [0.717, 1.165) is 4.68 Å². The molecule has 5 aromatic rings. The van der Waals surface area contributed by atoms with Gasteiger partial charge in [-0.15, -0.1) is 5.10 Å². The predicted octanol–water partition coefficient (Wildman–Crippen LogP) is 4.04. The number of amides is 1. The Hall–Kier alpha value is -5.30. The van der Waals surface area contributed by atoms with Crippen molar-refractivity contribution in [1.82, 2.24) is 30.7 Å². The average Bonchev–Trinajstić information content (AvgIpc) is 3.59. The van der Waals surface area contributed by atoms with Crippen molar-refractivity contribution in [3.8, 4) is 28.6 Å². The summed E-state index contributed by atoms with van der Waals surface area (Å²) in [4.78, 5) is 13.2. The van der Waals surface area contributed by atoms with Gasteiger partial charge in [-0.2, -0.15) is 9.78 Å². The molecule has 2 heterocycles. The molecule has 12 nitrogen and oxygen atoms in total. The topological polar surface area (TPSA) is 156 Å². The van der Waals surface area contributed by atoms with Crippen molar-refractivity contribution in [2.75, 3.05) is 12.8 Å². The van der Waals surface area contributed by atoms with Gasteiger partial charge in [-0.05, 0) is 46.2 Å². The van der Waals surface area contributed by atoms with Crippen LogP contribution in [0.15, 0.2) is 76.5 Å². The second kappa shape index (κ2) is 11.6. The molecule has 40 heavy (non-hydrogen) atoms. The van der Waals surface area contributed by atoms with Gasteiger partial charge in [0.15, 0.2) is 17.2 Å². The minimum atomic E-state index is -0.634. The van der Waals surface area contributed by atoms with Crippen LogP contribution in [0.25, 0.3) is 17.1 Å². The summed E-state index contributed by atoms with van der Waals surface area (Å²) in [7, 11) is 1.49. The number of ether oxygens (including phenoxy) is 2. The summed E-state index contributed by atoms with van der Waals surface area (Å²) >= 11 is 6.08. The first kappa shape index (κ1) is 26.3. The standard InChI is InChI=1S/C26H20ClFN8O4/c1-38-21-11-15(7-10-20(21)39-14-17-8-9-18(28)12-19(17)27)13-30-32-26(37)23-22(16-5-3-2-4-6-16)31-35-36(23)25-24(29)33-40-34-25/h2-13H,14H2,1H3,(H2,29,33)(H,32,37)/b30-13+. The van der Waals surface area contributed by atoms with Crippen molar-refractivity contribution in [2.24, 2.45) is 5.10 Å². The Morgan fingerprint density at radius 2 is 1.98 bits per heavy atom. The lowest BCUT2D eigenvalue weighted by atomic mass is 10.1. The van der Waals surface area contributed by atoms with E-state index in [9.17, 15) is 9.18 Å². The lowest BCUT2D eigenvalue weighted by Gasteiger charge is -2.12. The van der Waals surface area contributed by atoms with Crippen molar-refractivity contribution in [1.29, 1.82) is 0 Å². The molecule has 0 atom stereocenters. The van der Waals surface area contributed by atoms with Crippen LogP contribution in [0.1, 0.15) is 21.6 Å². The van der Waals surface area contributed by atoms with Crippen LogP contribution in [0.2, 0.25) is 5.02 Å². The molecule has 14 heteroatoms. The molecule has 0 saturated heterocycles. The summed E-state index contributed by atoms with van der Waals surface area (Å²) in [5, 5.41) is 19.7. The molecule has 0 fully saturated rings.